The molecule has 0 aromatic carbocycles. The van der Waals surface area contributed by atoms with Gasteiger partial charge >= 0.3 is 0 Å². The number of nitrogens with one attached hydrogen (secondary N) is 1. The average molecular weight is 283 g/mol. The minimum Gasteiger partial charge on any atom is -0.369 e. The number of primary amides is 1. The number of likely N-dealkylation sites (tertiary alicyclic amines) is 1. The maximum atomic E-state index is 12.1. The Hall–Kier alpha value is -1.10. The van der Waals surface area contributed by atoms with Crippen molar-refractivity contribution in [3.63, 3.8) is 0 Å². The van der Waals surface area contributed by atoms with Crippen molar-refractivity contribution < 1.29 is 9.59 Å². The standard InChI is InChI=1S/C15H29N3O2/c1-5-6-11-7-12(17-14(20)15(2,3)4)9-18(8-11)10-13(16)19/h11-12H,5-10H2,1-4H3,(H2,16,19)(H,17,20). The summed E-state index contributed by atoms with van der Waals surface area (Å²) in [6.45, 7) is 9.79. The summed E-state index contributed by atoms with van der Waals surface area (Å²) in [5.74, 6) is 0.292. The van der Waals surface area contributed by atoms with Crippen molar-refractivity contribution in [1.82, 2.24) is 10.2 Å². The highest BCUT2D eigenvalue weighted by molar-refractivity contribution is 5.81. The zero-order valence-electron chi connectivity index (χ0n) is 13.2. The van der Waals surface area contributed by atoms with Gasteiger partial charge in [-0.1, -0.05) is 34.1 Å². The van der Waals surface area contributed by atoms with Gasteiger partial charge in [0.05, 0.1) is 6.54 Å². The summed E-state index contributed by atoms with van der Waals surface area (Å²) < 4.78 is 0. The molecule has 1 heterocycles. The van der Waals surface area contributed by atoms with E-state index in [1.165, 1.54) is 0 Å². The lowest BCUT2D eigenvalue weighted by Crippen LogP contribution is -2.54. The molecule has 1 aliphatic rings. The summed E-state index contributed by atoms with van der Waals surface area (Å²) in [5.41, 5.74) is 4.91. The van der Waals surface area contributed by atoms with E-state index in [0.717, 1.165) is 25.8 Å². The van der Waals surface area contributed by atoms with E-state index in [1.807, 2.05) is 20.8 Å². The van der Waals surface area contributed by atoms with E-state index in [9.17, 15) is 9.59 Å². The summed E-state index contributed by atoms with van der Waals surface area (Å²) in [5, 5.41) is 3.12. The van der Waals surface area contributed by atoms with Crippen LogP contribution in [0.25, 0.3) is 0 Å². The first-order valence-electron chi connectivity index (χ1n) is 7.54. The van der Waals surface area contributed by atoms with Crippen molar-refractivity contribution in [2.75, 3.05) is 19.6 Å². The highest BCUT2D eigenvalue weighted by Gasteiger charge is 2.31. The Bertz CT molecular complexity index is 350. The molecule has 0 radical (unpaired) electrons. The zero-order chi connectivity index (χ0) is 15.3. The minimum absolute atomic E-state index is 0.0682. The van der Waals surface area contributed by atoms with Crippen molar-refractivity contribution in [3.8, 4) is 0 Å². The number of carbonyl (C=O) groups excluding carboxylic acids is 2. The first-order valence-corrected chi connectivity index (χ1v) is 7.54. The second-order valence-electron chi connectivity index (χ2n) is 6.97. The number of amides is 2. The average Bonchev–Trinajstić information content (AvgIpc) is 2.26. The smallest absolute Gasteiger partial charge is 0.231 e. The van der Waals surface area contributed by atoms with E-state index >= 15 is 0 Å². The van der Waals surface area contributed by atoms with Gasteiger partial charge in [-0.25, -0.2) is 0 Å². The number of piperidine rings is 1. The molecule has 1 fully saturated rings. The Labute approximate surface area is 122 Å². The van der Waals surface area contributed by atoms with Crippen molar-refractivity contribution >= 4 is 11.8 Å². The van der Waals surface area contributed by atoms with Crippen LogP contribution in [0.1, 0.15) is 47.0 Å². The topological polar surface area (TPSA) is 75.4 Å². The van der Waals surface area contributed by atoms with Crippen LogP contribution < -0.4 is 11.1 Å². The third kappa shape index (κ3) is 5.49. The van der Waals surface area contributed by atoms with Gasteiger partial charge in [-0.05, 0) is 18.8 Å². The normalized spacial score (nSPS) is 24.4. The molecule has 3 N–H and O–H groups in total. The first kappa shape index (κ1) is 17.0. The molecular formula is C15H29N3O2. The Balaban J connectivity index is 2.64. The van der Waals surface area contributed by atoms with Crippen molar-refractivity contribution in [2.45, 2.75) is 53.0 Å². The second-order valence-corrected chi connectivity index (χ2v) is 6.97. The summed E-state index contributed by atoms with van der Waals surface area (Å²) in [6, 6.07) is 0.117. The predicted molar refractivity (Wildman–Crippen MR) is 80.0 cm³/mol. The molecule has 2 atom stereocenters. The molecule has 2 amide bonds. The SMILES string of the molecule is CCCC1CC(NC(=O)C(C)(C)C)CN(CC(N)=O)C1. The van der Waals surface area contributed by atoms with Crippen LogP contribution in [0, 0.1) is 11.3 Å². The molecule has 0 aromatic rings. The maximum absolute atomic E-state index is 12.1. The van der Waals surface area contributed by atoms with Gasteiger partial charge in [-0.2, -0.15) is 0 Å². The van der Waals surface area contributed by atoms with Gasteiger partial charge in [-0.15, -0.1) is 0 Å². The molecule has 1 saturated heterocycles. The van der Waals surface area contributed by atoms with E-state index in [2.05, 4.69) is 17.1 Å². The number of hydrogen-bond donors (Lipinski definition) is 2. The molecule has 20 heavy (non-hydrogen) atoms. The second kappa shape index (κ2) is 7.07. The Kier molecular flexibility index (Phi) is 5.99. The number of nitrogens with two attached hydrogens (primary N) is 1. The van der Waals surface area contributed by atoms with Crippen LogP contribution in [0.3, 0.4) is 0 Å². The molecule has 2 unspecified atom stereocenters. The molecule has 116 valence electrons. The predicted octanol–water partition coefficient (Wildman–Crippen LogP) is 1.12. The van der Waals surface area contributed by atoms with Gasteiger partial charge in [0, 0.05) is 24.5 Å². The molecule has 0 spiro atoms. The largest absolute Gasteiger partial charge is 0.369 e. The Morgan fingerprint density at radius 1 is 1.30 bits per heavy atom. The number of carbonyl (C=O) groups is 2. The molecular weight excluding hydrogens is 254 g/mol. The maximum Gasteiger partial charge on any atom is 0.231 e. The van der Waals surface area contributed by atoms with Crippen molar-refractivity contribution in [3.05, 3.63) is 0 Å². The molecule has 0 aliphatic carbocycles. The number of nitrogens with zero attached hydrogens (tertiary/aromatic N) is 1. The lowest BCUT2D eigenvalue weighted by molar-refractivity contribution is -0.129. The third-order valence-corrected chi connectivity index (χ3v) is 3.71. The van der Waals surface area contributed by atoms with E-state index in [0.29, 0.717) is 12.5 Å². The molecule has 0 bridgehead atoms. The highest BCUT2D eigenvalue weighted by atomic mass is 16.2. The summed E-state index contributed by atoms with van der Waals surface area (Å²) in [6.07, 6.45) is 3.23. The van der Waals surface area contributed by atoms with Crippen molar-refractivity contribution in [2.24, 2.45) is 17.1 Å². The van der Waals surface area contributed by atoms with Gasteiger partial charge in [-0.3, -0.25) is 14.5 Å². The van der Waals surface area contributed by atoms with E-state index < -0.39 is 0 Å². The molecule has 5 nitrogen and oxygen atoms in total. The molecule has 0 aromatic heterocycles. The monoisotopic (exact) mass is 283 g/mol. The van der Waals surface area contributed by atoms with Crippen molar-refractivity contribution in [1.29, 1.82) is 0 Å². The van der Waals surface area contributed by atoms with Gasteiger partial charge in [0.1, 0.15) is 0 Å². The quantitative estimate of drug-likeness (QED) is 0.794. The van der Waals surface area contributed by atoms with Gasteiger partial charge < -0.3 is 11.1 Å². The fourth-order valence-electron chi connectivity index (χ4n) is 2.78. The molecule has 1 aliphatic heterocycles. The van der Waals surface area contributed by atoms with E-state index in [-0.39, 0.29) is 29.8 Å². The van der Waals surface area contributed by atoms with Gasteiger partial charge in [0.15, 0.2) is 0 Å². The lowest BCUT2D eigenvalue weighted by Gasteiger charge is -2.38. The molecule has 1 rings (SSSR count). The fraction of sp³-hybridized carbons (Fsp3) is 0.867. The van der Waals surface area contributed by atoms with Crippen LogP contribution in [-0.4, -0.2) is 42.4 Å². The Morgan fingerprint density at radius 3 is 2.45 bits per heavy atom. The van der Waals surface area contributed by atoms with Crippen LogP contribution in [0.15, 0.2) is 0 Å². The lowest BCUT2D eigenvalue weighted by atomic mass is 9.89. The first-order chi connectivity index (χ1) is 9.22. The molecule has 5 heteroatoms. The summed E-state index contributed by atoms with van der Waals surface area (Å²) in [7, 11) is 0. The van der Waals surface area contributed by atoms with Crippen LogP contribution >= 0.6 is 0 Å². The van der Waals surface area contributed by atoms with Gasteiger partial charge in [0.2, 0.25) is 11.8 Å². The molecule has 0 saturated carbocycles. The Morgan fingerprint density at radius 2 is 1.95 bits per heavy atom. The summed E-state index contributed by atoms with van der Waals surface area (Å²) in [4.78, 5) is 25.3. The summed E-state index contributed by atoms with van der Waals surface area (Å²) >= 11 is 0. The van der Waals surface area contributed by atoms with Gasteiger partial charge in [0.25, 0.3) is 0 Å². The van der Waals surface area contributed by atoms with E-state index in [4.69, 9.17) is 5.73 Å². The highest BCUT2D eigenvalue weighted by Crippen LogP contribution is 2.22. The number of rotatable bonds is 5. The van der Waals surface area contributed by atoms with Crippen LogP contribution in [0.4, 0.5) is 0 Å². The number of hydrogen-bond acceptors (Lipinski definition) is 3. The third-order valence-electron chi connectivity index (χ3n) is 3.71. The fourth-order valence-corrected chi connectivity index (χ4v) is 2.78. The van der Waals surface area contributed by atoms with Crippen LogP contribution in [0.2, 0.25) is 0 Å². The van der Waals surface area contributed by atoms with Crippen LogP contribution in [-0.2, 0) is 9.59 Å². The minimum atomic E-state index is -0.383. The van der Waals surface area contributed by atoms with E-state index in [1.54, 1.807) is 0 Å². The van der Waals surface area contributed by atoms with Crippen LogP contribution in [0.5, 0.6) is 0 Å². The zero-order valence-corrected chi connectivity index (χ0v) is 13.2.